The summed E-state index contributed by atoms with van der Waals surface area (Å²) in [6.45, 7) is 0.705. The van der Waals surface area contributed by atoms with Crippen LogP contribution in [-0.4, -0.2) is 24.0 Å². The fourth-order valence-corrected chi connectivity index (χ4v) is 1.06. The number of ether oxygens (including phenoxy) is 1. The number of hydrogen-bond donors (Lipinski definition) is 0. The van der Waals surface area contributed by atoms with Crippen LogP contribution in [0.3, 0.4) is 0 Å². The van der Waals surface area contributed by atoms with Gasteiger partial charge in [0.05, 0.1) is 0 Å². The van der Waals surface area contributed by atoms with Gasteiger partial charge >= 0.3 is 0 Å². The molecule has 0 N–H and O–H groups in total. The molecular weight excluding hydrogens is 326 g/mol. The van der Waals surface area contributed by atoms with Gasteiger partial charge in [-0.1, -0.05) is 24.3 Å². The Kier molecular flexibility index (Phi) is 6.32. The van der Waals surface area contributed by atoms with Crippen molar-refractivity contribution in [3.63, 3.8) is 0 Å². The van der Waals surface area contributed by atoms with Gasteiger partial charge in [0.2, 0.25) is 0 Å². The second-order valence-corrected chi connectivity index (χ2v) is 2.25. The topological polar surface area (TPSA) is 9.23 Å². The summed E-state index contributed by atoms with van der Waals surface area (Å²) in [6.07, 6.45) is 4.10. The van der Waals surface area contributed by atoms with Gasteiger partial charge in [0, 0.05) is 59.8 Å². The predicted octanol–water partition coefficient (Wildman–Crippen LogP) is 1.71. The summed E-state index contributed by atoms with van der Waals surface area (Å²) in [5.74, 6) is 0.991. The molecule has 1 aliphatic rings. The van der Waals surface area contributed by atoms with Crippen LogP contribution < -0.4 is 4.74 Å². The van der Waals surface area contributed by atoms with Crippen LogP contribution in [0.4, 0.5) is 0 Å². The molecule has 4 radical (unpaired) electrons. The Morgan fingerprint density at radius 1 is 1.17 bits per heavy atom. The third kappa shape index (κ3) is 2.78. The molecule has 0 fully saturated rings. The molecular formula is C9H8AlLuO. The first-order valence-corrected chi connectivity index (χ1v) is 3.35. The van der Waals surface area contributed by atoms with Crippen LogP contribution in [0.5, 0.6) is 5.75 Å². The van der Waals surface area contributed by atoms with Gasteiger partial charge in [-0.25, -0.2) is 0 Å². The van der Waals surface area contributed by atoms with Crippen LogP contribution in [-0.2, 0) is 0 Å². The Hall–Kier alpha value is 0.526. The van der Waals surface area contributed by atoms with Crippen LogP contribution in [0.15, 0.2) is 30.3 Å². The van der Waals surface area contributed by atoms with Gasteiger partial charge in [-0.05, 0) is 12.1 Å². The molecule has 3 heteroatoms. The van der Waals surface area contributed by atoms with Gasteiger partial charge in [-0.3, -0.25) is 0 Å². The Bertz CT molecular complexity index is 273. The molecule has 1 aliphatic heterocycles. The number of rotatable bonds is 0. The quantitative estimate of drug-likeness (QED) is 0.657. The average Bonchev–Trinajstić information content (AvgIpc) is 2.05. The molecule has 0 amide bonds. The van der Waals surface area contributed by atoms with E-state index in [1.54, 1.807) is 0 Å². The molecule has 0 saturated carbocycles. The minimum Gasteiger partial charge on any atom is -0.489 e. The fraction of sp³-hybridized carbons (Fsp3) is 0.111. The average molecular weight is 334 g/mol. The van der Waals surface area contributed by atoms with Crippen molar-refractivity contribution < 1.29 is 41.6 Å². The number of benzene rings is 1. The van der Waals surface area contributed by atoms with Gasteiger partial charge in [-0.2, -0.15) is 0 Å². The summed E-state index contributed by atoms with van der Waals surface area (Å²) >= 11 is 0. The van der Waals surface area contributed by atoms with Crippen LogP contribution in [0.25, 0.3) is 6.08 Å². The van der Waals surface area contributed by atoms with E-state index in [-0.39, 0.29) is 54.2 Å². The van der Waals surface area contributed by atoms with Crippen molar-refractivity contribution in [2.75, 3.05) is 6.61 Å². The normalized spacial score (nSPS) is 11.7. The van der Waals surface area contributed by atoms with Crippen molar-refractivity contribution in [1.29, 1.82) is 0 Å². The Balaban J connectivity index is 0.000000605. The summed E-state index contributed by atoms with van der Waals surface area (Å²) < 4.78 is 5.34. The van der Waals surface area contributed by atoms with E-state index in [4.69, 9.17) is 4.74 Å². The summed E-state index contributed by atoms with van der Waals surface area (Å²) in [5.41, 5.74) is 1.17. The van der Waals surface area contributed by atoms with E-state index < -0.39 is 0 Å². The molecule has 0 aromatic heterocycles. The van der Waals surface area contributed by atoms with Gasteiger partial charge in [0.15, 0.2) is 0 Å². The van der Waals surface area contributed by atoms with Crippen molar-refractivity contribution in [1.82, 2.24) is 0 Å². The second-order valence-electron chi connectivity index (χ2n) is 2.25. The Morgan fingerprint density at radius 3 is 2.67 bits per heavy atom. The molecule has 0 aliphatic carbocycles. The molecule has 1 nitrogen and oxygen atoms in total. The zero-order valence-corrected chi connectivity index (χ0v) is 9.23. The molecule has 2 rings (SSSR count). The standard InChI is InChI=1S/C9H8O.Al.Lu/c1-2-6-9-8(4-1)5-3-7-10-9;;/h1-6H,7H2;;. The van der Waals surface area contributed by atoms with E-state index in [0.717, 1.165) is 5.75 Å². The van der Waals surface area contributed by atoms with E-state index >= 15 is 0 Å². The van der Waals surface area contributed by atoms with E-state index in [9.17, 15) is 0 Å². The summed E-state index contributed by atoms with van der Waals surface area (Å²) in [7, 11) is 0. The SMILES string of the molecule is C1=Cc2ccccc2OC1.[Al].[Lu]. The minimum atomic E-state index is 0. The monoisotopic (exact) mass is 334 g/mol. The largest absolute Gasteiger partial charge is 0.489 e. The third-order valence-corrected chi connectivity index (χ3v) is 1.55. The number of hydrogen-bond acceptors (Lipinski definition) is 1. The second kappa shape index (κ2) is 6.05. The molecule has 0 unspecified atom stereocenters. The van der Waals surface area contributed by atoms with Crippen molar-refractivity contribution in [3.05, 3.63) is 35.9 Å². The van der Waals surface area contributed by atoms with Crippen LogP contribution in [0, 0.1) is 36.9 Å². The zero-order valence-electron chi connectivity index (χ0n) is 6.42. The van der Waals surface area contributed by atoms with Gasteiger partial charge in [-0.15, -0.1) is 0 Å². The van der Waals surface area contributed by atoms with E-state index in [0.29, 0.717) is 6.61 Å². The fourth-order valence-electron chi connectivity index (χ4n) is 1.06. The summed E-state index contributed by atoms with van der Waals surface area (Å²) in [6, 6.07) is 8.03. The Morgan fingerprint density at radius 2 is 1.92 bits per heavy atom. The van der Waals surface area contributed by atoms with Crippen molar-refractivity contribution in [3.8, 4) is 5.75 Å². The molecule has 68 valence electrons. The predicted molar refractivity (Wildman–Crippen MR) is 46.7 cm³/mol. The first-order valence-electron chi connectivity index (χ1n) is 3.35. The maximum atomic E-state index is 5.34. The molecule has 1 aromatic carbocycles. The van der Waals surface area contributed by atoms with Gasteiger partial charge in [0.1, 0.15) is 12.4 Å². The van der Waals surface area contributed by atoms with Gasteiger partial charge in [0.25, 0.3) is 0 Å². The molecule has 0 saturated heterocycles. The summed E-state index contributed by atoms with van der Waals surface area (Å²) in [5, 5.41) is 0. The third-order valence-electron chi connectivity index (χ3n) is 1.55. The summed E-state index contributed by atoms with van der Waals surface area (Å²) in [4.78, 5) is 0. The molecule has 1 aromatic rings. The smallest absolute Gasteiger partial charge is 0.126 e. The van der Waals surface area contributed by atoms with Crippen LogP contribution >= 0.6 is 0 Å². The molecule has 0 spiro atoms. The zero-order chi connectivity index (χ0) is 6.81. The first kappa shape index (κ1) is 12.5. The van der Waals surface area contributed by atoms with E-state index in [1.807, 2.05) is 30.3 Å². The Labute approximate surface area is 112 Å². The maximum absolute atomic E-state index is 5.34. The molecule has 12 heavy (non-hydrogen) atoms. The molecule has 0 bridgehead atoms. The van der Waals surface area contributed by atoms with E-state index in [2.05, 4.69) is 6.08 Å². The van der Waals surface area contributed by atoms with Crippen LogP contribution in [0.1, 0.15) is 5.56 Å². The van der Waals surface area contributed by atoms with Crippen LogP contribution in [0.2, 0.25) is 0 Å². The number of fused-ring (bicyclic) bond motifs is 1. The van der Waals surface area contributed by atoms with E-state index in [1.165, 1.54) is 5.56 Å². The number of para-hydroxylation sites is 1. The first-order chi connectivity index (χ1) is 4.97. The maximum Gasteiger partial charge on any atom is 0.126 e. The van der Waals surface area contributed by atoms with Crippen molar-refractivity contribution in [2.45, 2.75) is 0 Å². The molecule has 0 atom stereocenters. The van der Waals surface area contributed by atoms with Gasteiger partial charge < -0.3 is 4.74 Å². The molecule has 1 heterocycles. The van der Waals surface area contributed by atoms with Crippen molar-refractivity contribution in [2.24, 2.45) is 0 Å². The van der Waals surface area contributed by atoms with Crippen molar-refractivity contribution >= 4 is 23.4 Å². The minimum absolute atomic E-state index is 0.